The Hall–Kier alpha value is -3.96. The number of halogens is 1. The minimum Gasteiger partial charge on any atom is -0.486 e. The lowest BCUT2D eigenvalue weighted by Gasteiger charge is -2.22. The van der Waals surface area contributed by atoms with Crippen molar-refractivity contribution in [2.45, 2.75) is 13.5 Å². The summed E-state index contributed by atoms with van der Waals surface area (Å²) in [6.45, 7) is 1.41. The van der Waals surface area contributed by atoms with Gasteiger partial charge in [-0.05, 0) is 36.8 Å². The lowest BCUT2D eigenvalue weighted by atomic mass is 10.2. The zero-order chi connectivity index (χ0) is 21.7. The summed E-state index contributed by atoms with van der Waals surface area (Å²) in [5, 5.41) is 11.6. The molecule has 0 unspecified atom stereocenters. The molecule has 1 aromatic heterocycles. The van der Waals surface area contributed by atoms with Gasteiger partial charge in [-0.3, -0.25) is 15.0 Å². The Morgan fingerprint density at radius 3 is 2.77 bits per heavy atom. The highest BCUT2D eigenvalue weighted by atomic mass is 19.1. The van der Waals surface area contributed by atoms with E-state index >= 15 is 0 Å². The Labute approximate surface area is 170 Å². The number of nitrogens with two attached hydrogens (primary N) is 1. The normalized spacial score (nSPS) is 14.7. The first-order valence-electron chi connectivity index (χ1n) is 8.86. The highest BCUT2D eigenvalue weighted by molar-refractivity contribution is 5.90. The molecule has 3 rings (SSSR count). The molecule has 0 spiro atoms. The predicted octanol–water partition coefficient (Wildman–Crippen LogP) is 2.60. The molecule has 2 heterocycles. The summed E-state index contributed by atoms with van der Waals surface area (Å²) in [6.07, 6.45) is 2.25. The van der Waals surface area contributed by atoms with E-state index in [1.165, 1.54) is 18.2 Å². The van der Waals surface area contributed by atoms with Crippen molar-refractivity contribution in [2.24, 2.45) is 0 Å². The van der Waals surface area contributed by atoms with E-state index in [0.29, 0.717) is 5.56 Å². The van der Waals surface area contributed by atoms with E-state index < -0.39 is 34.2 Å². The van der Waals surface area contributed by atoms with Crippen LogP contribution in [0.15, 0.2) is 30.4 Å². The molecule has 1 aliphatic heterocycles. The highest BCUT2D eigenvalue weighted by Crippen LogP contribution is 2.34. The molecule has 4 bridgehead atoms. The van der Waals surface area contributed by atoms with Crippen LogP contribution in [0.1, 0.15) is 12.5 Å². The number of nitrogen functional groups attached to an aromatic ring is 1. The standard InChI is InChI=1S/C18H18FN5O6/c1-2-28-18(25)23-10-11-5-6-12(19)13(9-11)29-7-3-4-8-30-17-21-15(20)14(24(26)27)16(23)22-17/h3-6,9H,2,7-8,10H2,1H3,(H2,20,21,22)/b4-3-. The fourth-order valence-corrected chi connectivity index (χ4v) is 2.63. The summed E-state index contributed by atoms with van der Waals surface area (Å²) in [4.78, 5) is 32.1. The number of hydrogen-bond acceptors (Lipinski definition) is 9. The smallest absolute Gasteiger partial charge is 0.415 e. The second-order valence-electron chi connectivity index (χ2n) is 5.96. The second kappa shape index (κ2) is 9.03. The molecule has 2 N–H and O–H groups in total. The summed E-state index contributed by atoms with van der Waals surface area (Å²) in [7, 11) is 0. The molecule has 1 aliphatic rings. The SMILES string of the molecule is CCOC(=O)N1Cc2ccc(F)c(c2)OC/C=C\COc2nc(N)c([N+](=O)[O-])c1n2. The molecule has 0 saturated carbocycles. The molecule has 158 valence electrons. The molecule has 12 heteroatoms. The van der Waals surface area contributed by atoms with E-state index in [9.17, 15) is 19.3 Å². The molecular weight excluding hydrogens is 401 g/mol. The van der Waals surface area contributed by atoms with Gasteiger partial charge in [-0.2, -0.15) is 9.97 Å². The molecule has 0 saturated heterocycles. The van der Waals surface area contributed by atoms with Crippen LogP contribution >= 0.6 is 0 Å². The maximum absolute atomic E-state index is 14.0. The van der Waals surface area contributed by atoms with Crippen LogP contribution in [-0.2, 0) is 11.3 Å². The van der Waals surface area contributed by atoms with Gasteiger partial charge in [0.25, 0.3) is 0 Å². The first-order valence-corrected chi connectivity index (χ1v) is 8.86. The number of carbonyl (C=O) groups is 1. The number of amides is 1. The van der Waals surface area contributed by atoms with Gasteiger partial charge in [-0.25, -0.2) is 9.18 Å². The monoisotopic (exact) mass is 419 g/mol. The lowest BCUT2D eigenvalue weighted by molar-refractivity contribution is -0.383. The van der Waals surface area contributed by atoms with Crippen molar-refractivity contribution in [3.63, 3.8) is 0 Å². The maximum Gasteiger partial charge on any atom is 0.415 e. The molecule has 11 nitrogen and oxygen atoms in total. The van der Waals surface area contributed by atoms with E-state index in [4.69, 9.17) is 19.9 Å². The van der Waals surface area contributed by atoms with Gasteiger partial charge in [0.1, 0.15) is 13.2 Å². The first kappa shape index (κ1) is 20.8. The predicted molar refractivity (Wildman–Crippen MR) is 103 cm³/mol. The van der Waals surface area contributed by atoms with Crippen molar-refractivity contribution < 1.29 is 28.3 Å². The average Bonchev–Trinajstić information content (AvgIpc) is 2.69. The molecule has 1 amide bonds. The van der Waals surface area contributed by atoms with Crippen LogP contribution in [0.2, 0.25) is 0 Å². The Balaban J connectivity index is 2.18. The quantitative estimate of drug-likeness (QED) is 0.441. The van der Waals surface area contributed by atoms with Crippen LogP contribution in [0, 0.1) is 15.9 Å². The first-order chi connectivity index (χ1) is 14.4. The third kappa shape index (κ3) is 4.54. The van der Waals surface area contributed by atoms with Crippen LogP contribution in [0.4, 0.5) is 26.5 Å². The Morgan fingerprint density at radius 2 is 2.07 bits per heavy atom. The Bertz CT molecular complexity index is 999. The summed E-state index contributed by atoms with van der Waals surface area (Å²) in [5.41, 5.74) is 5.48. The molecule has 1 aromatic carbocycles. The lowest BCUT2D eigenvalue weighted by Crippen LogP contribution is -2.33. The van der Waals surface area contributed by atoms with Crippen molar-refractivity contribution in [3.8, 4) is 11.8 Å². The van der Waals surface area contributed by atoms with Gasteiger partial charge in [0.15, 0.2) is 11.6 Å². The largest absolute Gasteiger partial charge is 0.486 e. The van der Waals surface area contributed by atoms with Crippen LogP contribution in [0.25, 0.3) is 0 Å². The van der Waals surface area contributed by atoms with Gasteiger partial charge < -0.3 is 19.9 Å². The number of nitro groups is 1. The molecule has 0 aliphatic carbocycles. The number of ether oxygens (including phenoxy) is 3. The Morgan fingerprint density at radius 1 is 1.33 bits per heavy atom. The molecule has 2 aromatic rings. The van der Waals surface area contributed by atoms with Gasteiger partial charge in [0.2, 0.25) is 11.6 Å². The number of benzene rings is 1. The van der Waals surface area contributed by atoms with Gasteiger partial charge >= 0.3 is 17.8 Å². The van der Waals surface area contributed by atoms with E-state index in [2.05, 4.69) is 9.97 Å². The fourth-order valence-electron chi connectivity index (χ4n) is 2.63. The Kier molecular flexibility index (Phi) is 6.25. The molecule has 30 heavy (non-hydrogen) atoms. The average molecular weight is 419 g/mol. The number of anilines is 2. The number of hydrogen-bond donors (Lipinski definition) is 1. The number of rotatable bonds is 2. The zero-order valence-corrected chi connectivity index (χ0v) is 15.9. The third-order valence-corrected chi connectivity index (χ3v) is 3.95. The van der Waals surface area contributed by atoms with Gasteiger partial charge in [0.05, 0.1) is 18.1 Å². The van der Waals surface area contributed by atoms with E-state index in [-0.39, 0.29) is 38.1 Å². The second-order valence-corrected chi connectivity index (χ2v) is 5.96. The third-order valence-electron chi connectivity index (χ3n) is 3.95. The van der Waals surface area contributed by atoms with Gasteiger partial charge in [0, 0.05) is 0 Å². The van der Waals surface area contributed by atoms with Crippen molar-refractivity contribution >= 4 is 23.4 Å². The molecule has 0 atom stereocenters. The summed E-state index contributed by atoms with van der Waals surface area (Å²) in [6, 6.07) is 3.70. The summed E-state index contributed by atoms with van der Waals surface area (Å²) >= 11 is 0. The van der Waals surface area contributed by atoms with Crippen LogP contribution in [0.3, 0.4) is 0 Å². The van der Waals surface area contributed by atoms with E-state index in [1.54, 1.807) is 19.1 Å². The minimum atomic E-state index is -0.913. The van der Waals surface area contributed by atoms with Gasteiger partial charge in [-0.15, -0.1) is 0 Å². The summed E-state index contributed by atoms with van der Waals surface area (Å²) < 4.78 is 29.8. The van der Waals surface area contributed by atoms with Gasteiger partial charge in [-0.1, -0.05) is 6.07 Å². The van der Waals surface area contributed by atoms with Crippen LogP contribution in [-0.4, -0.2) is 40.8 Å². The number of carbonyl (C=O) groups excluding carboxylic acids is 1. The zero-order valence-electron chi connectivity index (χ0n) is 15.9. The number of fused-ring (bicyclic) bond motifs is 4. The minimum absolute atomic E-state index is 0.00955. The molecular formula is C18H18FN5O6. The van der Waals surface area contributed by atoms with Crippen molar-refractivity contribution in [3.05, 3.63) is 51.8 Å². The van der Waals surface area contributed by atoms with Crippen LogP contribution < -0.4 is 20.1 Å². The van der Waals surface area contributed by atoms with Crippen molar-refractivity contribution in [1.29, 1.82) is 0 Å². The summed E-state index contributed by atoms with van der Waals surface area (Å²) in [5.74, 6) is -1.53. The van der Waals surface area contributed by atoms with Crippen molar-refractivity contribution in [1.82, 2.24) is 9.97 Å². The number of aromatic nitrogens is 2. The number of nitrogens with zero attached hydrogens (tertiary/aromatic N) is 4. The highest BCUT2D eigenvalue weighted by Gasteiger charge is 2.32. The topological polar surface area (TPSA) is 143 Å². The molecule has 0 radical (unpaired) electrons. The fraction of sp³-hybridized carbons (Fsp3) is 0.278. The van der Waals surface area contributed by atoms with E-state index in [1.807, 2.05) is 0 Å². The maximum atomic E-state index is 14.0. The van der Waals surface area contributed by atoms with Crippen LogP contribution in [0.5, 0.6) is 11.8 Å². The van der Waals surface area contributed by atoms with Crippen molar-refractivity contribution in [2.75, 3.05) is 30.5 Å². The molecule has 0 fully saturated rings. The van der Waals surface area contributed by atoms with E-state index in [0.717, 1.165) is 4.90 Å².